The van der Waals surface area contributed by atoms with Crippen molar-refractivity contribution in [1.82, 2.24) is 4.98 Å². The molecule has 0 saturated carbocycles. The molecule has 15 heavy (non-hydrogen) atoms. The summed E-state index contributed by atoms with van der Waals surface area (Å²) in [5, 5.41) is 2.69. The van der Waals surface area contributed by atoms with Crippen molar-refractivity contribution in [2.75, 3.05) is 0 Å². The van der Waals surface area contributed by atoms with Gasteiger partial charge in [0.15, 0.2) is 6.29 Å². The van der Waals surface area contributed by atoms with E-state index in [0.29, 0.717) is 18.3 Å². The molecule has 0 atom stereocenters. The Balaban J connectivity index is 2.33. The summed E-state index contributed by atoms with van der Waals surface area (Å²) in [6.45, 7) is 0. The van der Waals surface area contributed by atoms with Gasteiger partial charge in [0.05, 0.1) is 10.6 Å². The van der Waals surface area contributed by atoms with Gasteiger partial charge in [-0.3, -0.25) is 4.79 Å². The Hall–Kier alpha value is -1.55. The van der Waals surface area contributed by atoms with Gasteiger partial charge in [-0.15, -0.1) is 11.3 Å². The van der Waals surface area contributed by atoms with Gasteiger partial charge >= 0.3 is 0 Å². The van der Waals surface area contributed by atoms with E-state index in [4.69, 9.17) is 0 Å². The Morgan fingerprint density at radius 2 is 2.33 bits per heavy atom. The predicted octanol–water partition coefficient (Wildman–Crippen LogP) is 2.69. The maximum atomic E-state index is 13.6. The molecular formula is C11H8FNOS. The van der Waals surface area contributed by atoms with Crippen LogP contribution >= 0.6 is 11.3 Å². The van der Waals surface area contributed by atoms with Crippen LogP contribution in [-0.2, 0) is 6.42 Å². The molecule has 0 aliphatic carbocycles. The fraction of sp³-hybridized carbons (Fsp3) is 0.0909. The number of hydrogen-bond acceptors (Lipinski definition) is 3. The minimum atomic E-state index is -0.442. The number of nitrogens with zero attached hydrogens (tertiary/aromatic N) is 1. The molecule has 2 rings (SSSR count). The molecule has 0 aliphatic rings. The third-order valence-electron chi connectivity index (χ3n) is 2.06. The van der Waals surface area contributed by atoms with E-state index in [0.717, 1.165) is 5.01 Å². The van der Waals surface area contributed by atoms with E-state index < -0.39 is 5.82 Å². The van der Waals surface area contributed by atoms with E-state index in [9.17, 15) is 9.18 Å². The second kappa shape index (κ2) is 4.31. The van der Waals surface area contributed by atoms with Crippen molar-refractivity contribution in [2.24, 2.45) is 0 Å². The number of rotatable bonds is 3. The van der Waals surface area contributed by atoms with Gasteiger partial charge in [-0.25, -0.2) is 9.37 Å². The van der Waals surface area contributed by atoms with Crippen molar-refractivity contribution in [3.05, 3.63) is 51.7 Å². The Morgan fingerprint density at radius 3 is 3.00 bits per heavy atom. The third kappa shape index (κ3) is 2.10. The molecule has 1 aromatic heterocycles. The molecule has 0 unspecified atom stereocenters. The number of thiazole rings is 1. The number of benzene rings is 1. The van der Waals surface area contributed by atoms with E-state index in [1.54, 1.807) is 18.3 Å². The predicted molar refractivity (Wildman–Crippen MR) is 56.7 cm³/mol. The first-order valence-electron chi connectivity index (χ1n) is 4.42. The van der Waals surface area contributed by atoms with Crippen LogP contribution < -0.4 is 0 Å². The van der Waals surface area contributed by atoms with Crippen LogP contribution in [0.15, 0.2) is 29.8 Å². The van der Waals surface area contributed by atoms with Gasteiger partial charge in [0.25, 0.3) is 0 Å². The molecule has 0 fully saturated rings. The van der Waals surface area contributed by atoms with Crippen LogP contribution in [0.1, 0.15) is 20.9 Å². The summed E-state index contributed by atoms with van der Waals surface area (Å²) in [6.07, 6.45) is 2.65. The van der Waals surface area contributed by atoms with Crippen molar-refractivity contribution < 1.29 is 9.18 Å². The lowest BCUT2D eigenvalue weighted by molar-refractivity contribution is 0.111. The quantitative estimate of drug-likeness (QED) is 0.746. The van der Waals surface area contributed by atoms with Gasteiger partial charge < -0.3 is 0 Å². The lowest BCUT2D eigenvalue weighted by Crippen LogP contribution is -1.96. The van der Waals surface area contributed by atoms with Gasteiger partial charge in [-0.2, -0.15) is 0 Å². The first-order valence-corrected chi connectivity index (χ1v) is 5.30. The minimum Gasteiger partial charge on any atom is -0.298 e. The van der Waals surface area contributed by atoms with E-state index in [-0.39, 0.29) is 5.56 Å². The maximum absolute atomic E-state index is 13.6. The second-order valence-corrected chi connectivity index (χ2v) is 4.02. The third-order valence-corrected chi connectivity index (χ3v) is 2.84. The van der Waals surface area contributed by atoms with Crippen LogP contribution in [0.4, 0.5) is 4.39 Å². The van der Waals surface area contributed by atoms with Crippen molar-refractivity contribution in [3.63, 3.8) is 0 Å². The van der Waals surface area contributed by atoms with Crippen molar-refractivity contribution in [3.8, 4) is 0 Å². The number of carbonyl (C=O) groups excluding carboxylic acids is 1. The summed E-state index contributed by atoms with van der Waals surface area (Å²) in [5.74, 6) is -0.442. The summed E-state index contributed by atoms with van der Waals surface area (Å²) in [6, 6.07) is 4.81. The van der Waals surface area contributed by atoms with Crippen LogP contribution in [0.3, 0.4) is 0 Å². The molecule has 76 valence electrons. The zero-order valence-electron chi connectivity index (χ0n) is 7.81. The number of halogens is 1. The second-order valence-electron chi connectivity index (χ2n) is 3.04. The topological polar surface area (TPSA) is 30.0 Å². The van der Waals surface area contributed by atoms with Crippen LogP contribution in [0.25, 0.3) is 0 Å². The normalized spacial score (nSPS) is 10.2. The molecule has 4 heteroatoms. The SMILES string of the molecule is O=Cc1cccc(Cc2nccs2)c1F. The summed E-state index contributed by atoms with van der Waals surface area (Å²) >= 11 is 1.47. The van der Waals surface area contributed by atoms with Crippen molar-refractivity contribution in [2.45, 2.75) is 6.42 Å². The Morgan fingerprint density at radius 1 is 1.47 bits per heavy atom. The molecule has 0 saturated heterocycles. The lowest BCUT2D eigenvalue weighted by Gasteiger charge is -2.02. The van der Waals surface area contributed by atoms with Crippen LogP contribution in [0.2, 0.25) is 0 Å². The molecule has 0 radical (unpaired) electrons. The molecule has 1 heterocycles. The van der Waals surface area contributed by atoms with Crippen LogP contribution in [0, 0.1) is 5.82 Å². The standard InChI is InChI=1S/C11H8FNOS/c12-11-8(2-1-3-9(11)7-14)6-10-13-4-5-15-10/h1-5,7H,6H2. The fourth-order valence-electron chi connectivity index (χ4n) is 1.33. The monoisotopic (exact) mass is 221 g/mol. The van der Waals surface area contributed by atoms with E-state index in [1.165, 1.54) is 17.4 Å². The Labute approximate surface area is 90.4 Å². The summed E-state index contributed by atoms with van der Waals surface area (Å²) in [5.41, 5.74) is 0.610. The lowest BCUT2D eigenvalue weighted by atomic mass is 10.1. The highest BCUT2D eigenvalue weighted by molar-refractivity contribution is 7.09. The van der Waals surface area contributed by atoms with Crippen molar-refractivity contribution in [1.29, 1.82) is 0 Å². The summed E-state index contributed by atoms with van der Waals surface area (Å²) in [7, 11) is 0. The smallest absolute Gasteiger partial charge is 0.153 e. The average molecular weight is 221 g/mol. The largest absolute Gasteiger partial charge is 0.298 e. The molecule has 0 aliphatic heterocycles. The van der Waals surface area contributed by atoms with Gasteiger partial charge in [0, 0.05) is 18.0 Å². The van der Waals surface area contributed by atoms with Gasteiger partial charge in [-0.05, 0) is 11.6 Å². The average Bonchev–Trinajstić information content (AvgIpc) is 2.74. The fourth-order valence-corrected chi connectivity index (χ4v) is 1.97. The summed E-state index contributed by atoms with van der Waals surface area (Å²) in [4.78, 5) is 14.6. The number of hydrogen-bond donors (Lipinski definition) is 0. The number of carbonyl (C=O) groups is 1. The molecule has 0 N–H and O–H groups in total. The highest BCUT2D eigenvalue weighted by Gasteiger charge is 2.08. The molecule has 0 bridgehead atoms. The van der Waals surface area contributed by atoms with Crippen molar-refractivity contribution >= 4 is 17.6 Å². The maximum Gasteiger partial charge on any atom is 0.153 e. The Kier molecular flexibility index (Phi) is 2.87. The number of aromatic nitrogens is 1. The number of aldehydes is 1. The highest BCUT2D eigenvalue weighted by atomic mass is 32.1. The zero-order chi connectivity index (χ0) is 10.7. The highest BCUT2D eigenvalue weighted by Crippen LogP contribution is 2.16. The van der Waals surface area contributed by atoms with E-state index >= 15 is 0 Å². The first-order chi connectivity index (χ1) is 7.31. The van der Waals surface area contributed by atoms with Crippen LogP contribution in [0.5, 0.6) is 0 Å². The molecule has 0 amide bonds. The Bertz CT molecular complexity index is 467. The molecule has 2 nitrogen and oxygen atoms in total. The minimum absolute atomic E-state index is 0.101. The molecule has 0 spiro atoms. The zero-order valence-corrected chi connectivity index (χ0v) is 8.63. The molecular weight excluding hydrogens is 213 g/mol. The van der Waals surface area contributed by atoms with Gasteiger partial charge in [0.1, 0.15) is 5.82 Å². The molecule has 2 aromatic rings. The van der Waals surface area contributed by atoms with E-state index in [1.807, 2.05) is 5.38 Å². The van der Waals surface area contributed by atoms with Crippen LogP contribution in [-0.4, -0.2) is 11.3 Å². The van der Waals surface area contributed by atoms with Gasteiger partial charge in [0.2, 0.25) is 0 Å². The summed E-state index contributed by atoms with van der Waals surface area (Å²) < 4.78 is 13.6. The van der Waals surface area contributed by atoms with Gasteiger partial charge in [-0.1, -0.05) is 12.1 Å². The first kappa shape index (κ1) is 9.98. The molecule has 1 aromatic carbocycles. The van der Waals surface area contributed by atoms with E-state index in [2.05, 4.69) is 4.98 Å².